The Morgan fingerprint density at radius 2 is 1.79 bits per heavy atom. The topological polar surface area (TPSA) is 29.9 Å². The molecule has 0 amide bonds. The summed E-state index contributed by atoms with van der Waals surface area (Å²) in [6.07, 6.45) is -4.51. The molecule has 1 rings (SSSR count). The number of hydrogen-bond acceptors (Lipinski definition) is 2. The fourth-order valence-corrected chi connectivity index (χ4v) is 2.01. The maximum Gasteiger partial charge on any atom is 0.435 e. The summed E-state index contributed by atoms with van der Waals surface area (Å²) in [5.41, 5.74) is -1.52. The van der Waals surface area contributed by atoms with Gasteiger partial charge < -0.3 is 5.32 Å². The lowest BCUT2D eigenvalue weighted by Crippen LogP contribution is -2.24. The maximum absolute atomic E-state index is 13.0. The van der Waals surface area contributed by atoms with Gasteiger partial charge in [-0.15, -0.1) is 0 Å². The van der Waals surface area contributed by atoms with Gasteiger partial charge in [-0.3, -0.25) is 0 Å². The average molecular weight is 298 g/mol. The molecule has 19 heavy (non-hydrogen) atoms. The Balaban J connectivity index is 3.29. The van der Waals surface area contributed by atoms with E-state index >= 15 is 0 Å². The molecule has 110 valence electrons. The van der Waals surface area contributed by atoms with Crippen molar-refractivity contribution in [3.05, 3.63) is 16.4 Å². The lowest BCUT2D eigenvalue weighted by molar-refractivity contribution is -0.142. The number of aromatic nitrogens is 2. The molecule has 1 N–H and O–H groups in total. The Morgan fingerprint density at radius 3 is 2.16 bits per heavy atom. The first-order valence-electron chi connectivity index (χ1n) is 6.03. The first kappa shape index (κ1) is 16.3. The van der Waals surface area contributed by atoms with Gasteiger partial charge in [0.25, 0.3) is 0 Å². The Bertz CT molecular complexity index is 444. The van der Waals surface area contributed by atoms with E-state index in [4.69, 9.17) is 11.6 Å². The normalized spacial score (nSPS) is 13.4. The summed E-state index contributed by atoms with van der Waals surface area (Å²) in [7, 11) is 0. The fraction of sp³-hybridized carbons (Fsp3) is 0.750. The van der Waals surface area contributed by atoms with Crippen LogP contribution in [0.4, 0.5) is 13.2 Å². The van der Waals surface area contributed by atoms with Crippen LogP contribution < -0.4 is 5.32 Å². The van der Waals surface area contributed by atoms with Crippen LogP contribution in [-0.4, -0.2) is 15.8 Å². The highest BCUT2D eigenvalue weighted by Gasteiger charge is 2.40. The van der Waals surface area contributed by atoms with Crippen LogP contribution >= 0.6 is 11.6 Å². The molecule has 0 radical (unpaired) electrons. The van der Waals surface area contributed by atoms with E-state index in [1.54, 1.807) is 20.8 Å². The van der Waals surface area contributed by atoms with Gasteiger partial charge in [0.05, 0.1) is 5.54 Å². The van der Waals surface area contributed by atoms with Crippen molar-refractivity contribution in [1.82, 2.24) is 15.1 Å². The second-order valence-corrected chi connectivity index (χ2v) is 6.09. The van der Waals surface area contributed by atoms with Crippen molar-refractivity contribution in [2.45, 2.75) is 58.9 Å². The number of nitrogens with zero attached hydrogens (tertiary/aromatic N) is 2. The molecule has 0 saturated heterocycles. The molecule has 0 aliphatic carbocycles. The van der Waals surface area contributed by atoms with E-state index in [0.29, 0.717) is 0 Å². The van der Waals surface area contributed by atoms with Crippen LogP contribution in [0.25, 0.3) is 0 Å². The molecule has 3 nitrogen and oxygen atoms in total. The van der Waals surface area contributed by atoms with E-state index in [0.717, 1.165) is 0 Å². The van der Waals surface area contributed by atoms with Crippen molar-refractivity contribution < 1.29 is 13.2 Å². The highest BCUT2D eigenvalue weighted by Crippen LogP contribution is 2.36. The predicted octanol–water partition coefficient (Wildman–Crippen LogP) is 3.81. The Hall–Kier alpha value is -0.750. The van der Waals surface area contributed by atoms with E-state index in [-0.39, 0.29) is 23.3 Å². The van der Waals surface area contributed by atoms with Crippen LogP contribution in [-0.2, 0) is 18.3 Å². The zero-order valence-electron chi connectivity index (χ0n) is 11.7. The Kier molecular flexibility index (Phi) is 4.57. The van der Waals surface area contributed by atoms with Crippen molar-refractivity contribution in [3.63, 3.8) is 0 Å². The summed E-state index contributed by atoms with van der Waals surface area (Å²) in [4.78, 5) is 0. The molecule has 0 bridgehead atoms. The minimum absolute atomic E-state index is 0.00204. The SMILES string of the molecule is CC(C)NCc1c(C(F)(F)F)nn(C(C)(C)C)c1Cl. The number of halogens is 4. The summed E-state index contributed by atoms with van der Waals surface area (Å²) in [5, 5.41) is 6.63. The van der Waals surface area contributed by atoms with Gasteiger partial charge in [0, 0.05) is 18.2 Å². The largest absolute Gasteiger partial charge is 0.435 e. The van der Waals surface area contributed by atoms with E-state index in [1.807, 2.05) is 13.8 Å². The van der Waals surface area contributed by atoms with E-state index < -0.39 is 17.4 Å². The molecule has 0 unspecified atom stereocenters. The molecule has 0 saturated carbocycles. The monoisotopic (exact) mass is 297 g/mol. The summed E-state index contributed by atoms with van der Waals surface area (Å²) in [5.74, 6) is 0. The molecule has 0 aromatic carbocycles. The Morgan fingerprint density at radius 1 is 1.26 bits per heavy atom. The van der Waals surface area contributed by atoms with Crippen LogP contribution in [0.1, 0.15) is 45.9 Å². The molecule has 7 heteroatoms. The zero-order valence-corrected chi connectivity index (χ0v) is 12.4. The van der Waals surface area contributed by atoms with Crippen LogP contribution in [0.2, 0.25) is 5.15 Å². The van der Waals surface area contributed by atoms with Gasteiger partial charge in [0.2, 0.25) is 0 Å². The minimum atomic E-state index is -4.51. The van der Waals surface area contributed by atoms with Crippen LogP contribution in [0.3, 0.4) is 0 Å². The van der Waals surface area contributed by atoms with Gasteiger partial charge in [-0.1, -0.05) is 25.4 Å². The molecular weight excluding hydrogens is 279 g/mol. The first-order valence-corrected chi connectivity index (χ1v) is 6.41. The van der Waals surface area contributed by atoms with Gasteiger partial charge in [-0.25, -0.2) is 4.68 Å². The lowest BCUT2D eigenvalue weighted by Gasteiger charge is -2.20. The van der Waals surface area contributed by atoms with E-state index in [9.17, 15) is 13.2 Å². The van der Waals surface area contributed by atoms with Crippen molar-refractivity contribution in [3.8, 4) is 0 Å². The van der Waals surface area contributed by atoms with Crippen LogP contribution in [0.15, 0.2) is 0 Å². The number of hydrogen-bond donors (Lipinski definition) is 1. The van der Waals surface area contributed by atoms with Crippen molar-refractivity contribution in [1.29, 1.82) is 0 Å². The van der Waals surface area contributed by atoms with Gasteiger partial charge in [0.1, 0.15) is 5.15 Å². The molecule has 1 aromatic heterocycles. The van der Waals surface area contributed by atoms with Crippen molar-refractivity contribution in [2.24, 2.45) is 0 Å². The lowest BCUT2D eigenvalue weighted by atomic mass is 10.1. The van der Waals surface area contributed by atoms with Crippen molar-refractivity contribution >= 4 is 11.6 Å². The second kappa shape index (κ2) is 5.32. The average Bonchev–Trinajstić information content (AvgIpc) is 2.51. The minimum Gasteiger partial charge on any atom is -0.310 e. The molecule has 0 aliphatic heterocycles. The summed E-state index contributed by atoms with van der Waals surface area (Å²) >= 11 is 6.06. The zero-order chi connectivity index (χ0) is 15.0. The number of alkyl halides is 3. The number of rotatable bonds is 3. The van der Waals surface area contributed by atoms with Gasteiger partial charge in [-0.05, 0) is 20.8 Å². The summed E-state index contributed by atoms with van der Waals surface area (Å²) < 4.78 is 40.2. The third-order valence-electron chi connectivity index (χ3n) is 2.51. The molecule has 0 fully saturated rings. The smallest absolute Gasteiger partial charge is 0.310 e. The molecule has 0 spiro atoms. The van der Waals surface area contributed by atoms with Crippen LogP contribution in [0, 0.1) is 0 Å². The molecule has 0 atom stereocenters. The third kappa shape index (κ3) is 3.86. The fourth-order valence-electron chi connectivity index (χ4n) is 1.56. The van der Waals surface area contributed by atoms with Gasteiger partial charge in [0.15, 0.2) is 5.69 Å². The number of nitrogens with one attached hydrogen (secondary N) is 1. The predicted molar refractivity (Wildman–Crippen MR) is 69.2 cm³/mol. The maximum atomic E-state index is 13.0. The van der Waals surface area contributed by atoms with Crippen LogP contribution in [0.5, 0.6) is 0 Å². The molecular formula is C12H19ClF3N3. The van der Waals surface area contributed by atoms with Gasteiger partial charge in [-0.2, -0.15) is 18.3 Å². The highest BCUT2D eigenvalue weighted by atomic mass is 35.5. The third-order valence-corrected chi connectivity index (χ3v) is 2.90. The van der Waals surface area contributed by atoms with Gasteiger partial charge >= 0.3 is 6.18 Å². The standard InChI is InChI=1S/C12H19ClF3N3/c1-7(2)17-6-8-9(12(14,15)16)18-19(10(8)13)11(3,4)5/h7,17H,6H2,1-5H3. The van der Waals surface area contributed by atoms with Crippen molar-refractivity contribution in [2.75, 3.05) is 0 Å². The summed E-state index contributed by atoms with van der Waals surface area (Å²) in [6, 6.07) is 0.0649. The molecule has 1 aromatic rings. The second-order valence-electron chi connectivity index (χ2n) is 5.73. The molecule has 1 heterocycles. The molecule has 0 aliphatic rings. The quantitative estimate of drug-likeness (QED) is 0.919. The van der Waals surface area contributed by atoms with E-state index in [1.165, 1.54) is 4.68 Å². The first-order chi connectivity index (χ1) is 8.44. The summed E-state index contributed by atoms with van der Waals surface area (Å²) in [6.45, 7) is 9.02. The Labute approximate surface area is 116 Å². The highest BCUT2D eigenvalue weighted by molar-refractivity contribution is 6.30. The van der Waals surface area contributed by atoms with E-state index in [2.05, 4.69) is 10.4 Å².